The number of carbonyl (C=O) groups excluding carboxylic acids is 1. The van der Waals surface area contributed by atoms with Gasteiger partial charge in [0.1, 0.15) is 11.3 Å². The summed E-state index contributed by atoms with van der Waals surface area (Å²) in [6.45, 7) is 6.54. The monoisotopic (exact) mass is 567 g/mol. The van der Waals surface area contributed by atoms with Crippen LogP contribution in [0, 0.1) is 5.92 Å². The number of hydrogen-bond acceptors (Lipinski definition) is 5. The molecule has 212 valence electrons. The normalized spacial score (nSPS) is 15.9. The second-order valence-electron chi connectivity index (χ2n) is 10.7. The van der Waals surface area contributed by atoms with Crippen LogP contribution >= 0.6 is 0 Å². The van der Waals surface area contributed by atoms with Crippen molar-refractivity contribution in [3.8, 4) is 17.1 Å². The van der Waals surface area contributed by atoms with Crippen LogP contribution < -0.4 is 5.56 Å². The maximum Gasteiger partial charge on any atom is 0.432 e. The van der Waals surface area contributed by atoms with E-state index in [-0.39, 0.29) is 17.8 Å². The first-order valence-corrected chi connectivity index (χ1v) is 14.2. The van der Waals surface area contributed by atoms with Gasteiger partial charge >= 0.3 is 12.3 Å². The van der Waals surface area contributed by atoms with E-state index in [0.717, 1.165) is 23.6 Å². The molecule has 3 heterocycles. The number of H-pyrrole nitrogens is 2. The molecule has 1 aliphatic heterocycles. The number of nitrogens with one attached hydrogen (secondary N) is 2. The first-order valence-electron chi connectivity index (χ1n) is 12.6. The number of rotatable bonds is 6. The van der Waals surface area contributed by atoms with Crippen LogP contribution in [0.5, 0.6) is 0 Å². The summed E-state index contributed by atoms with van der Waals surface area (Å²) >= 11 is 0. The van der Waals surface area contributed by atoms with Gasteiger partial charge in [0.2, 0.25) is 0 Å². The van der Waals surface area contributed by atoms with Gasteiger partial charge in [-0.25, -0.2) is 4.79 Å². The molecule has 1 unspecified atom stereocenters. The molecule has 1 amide bonds. The number of benzene rings is 1. The van der Waals surface area contributed by atoms with Crippen molar-refractivity contribution >= 4 is 16.9 Å². The van der Waals surface area contributed by atoms with Crippen LogP contribution in [0.2, 0.25) is 0 Å². The molecule has 2 aromatic heterocycles. The molecular weight excluding hydrogens is 535 g/mol. The highest BCUT2D eigenvalue weighted by atomic mass is 32.2. The molecule has 2 N–H and O–H groups in total. The number of carbonyl (C=O) groups is 1. The maximum atomic E-state index is 13.5. The molecule has 4 rings (SSSR count). The lowest BCUT2D eigenvalue weighted by molar-refractivity contribution is -0.141. The highest BCUT2D eigenvalue weighted by molar-refractivity contribution is 7.84. The van der Waals surface area contributed by atoms with Crippen molar-refractivity contribution in [1.82, 2.24) is 24.9 Å². The molecule has 1 fully saturated rings. The standard InChI is InChI=1S/C26H32F3N5O4S/c1-25(2,3)38-24(36)33-12-10-16(11-13-33)8-9-19-22(17-6-5-7-18(14-17)39(4)37)32-34(23(19)35)21-15-20(30-31-21)26(27,28)29/h5-7,14-16,32H,8-13H2,1-4H3,(H,30,31). The van der Waals surface area contributed by atoms with Crippen LogP contribution in [0.15, 0.2) is 40.0 Å². The summed E-state index contributed by atoms with van der Waals surface area (Å²) in [6, 6.07) is 7.64. The topological polar surface area (TPSA) is 113 Å². The second-order valence-corrected chi connectivity index (χ2v) is 12.1. The summed E-state index contributed by atoms with van der Waals surface area (Å²) in [6.07, 6.45) is -0.943. The maximum absolute atomic E-state index is 13.5. The Labute approximate surface area is 226 Å². The minimum Gasteiger partial charge on any atom is -0.444 e. The lowest BCUT2D eigenvalue weighted by atomic mass is 9.90. The number of amides is 1. The highest BCUT2D eigenvalue weighted by Gasteiger charge is 2.34. The number of aromatic nitrogens is 4. The smallest absolute Gasteiger partial charge is 0.432 e. The minimum atomic E-state index is -4.64. The van der Waals surface area contributed by atoms with E-state index in [0.29, 0.717) is 47.6 Å². The zero-order chi connectivity index (χ0) is 28.5. The van der Waals surface area contributed by atoms with E-state index >= 15 is 0 Å². The molecule has 0 saturated carbocycles. The van der Waals surface area contributed by atoms with E-state index in [4.69, 9.17) is 4.74 Å². The largest absolute Gasteiger partial charge is 0.444 e. The summed E-state index contributed by atoms with van der Waals surface area (Å²) in [5.74, 6) is 0.0386. The van der Waals surface area contributed by atoms with Gasteiger partial charge in [-0.2, -0.15) is 23.0 Å². The quantitative estimate of drug-likeness (QED) is 0.440. The summed E-state index contributed by atoms with van der Waals surface area (Å²) in [4.78, 5) is 28.1. The Morgan fingerprint density at radius 2 is 1.87 bits per heavy atom. The fourth-order valence-electron chi connectivity index (χ4n) is 4.58. The molecular formula is C26H32F3N5O4S. The number of likely N-dealkylation sites (tertiary alicyclic amines) is 1. The van der Waals surface area contributed by atoms with Crippen LogP contribution in [0.4, 0.5) is 18.0 Å². The predicted octanol–water partition coefficient (Wildman–Crippen LogP) is 4.89. The number of hydrogen-bond donors (Lipinski definition) is 2. The Kier molecular flexibility index (Phi) is 8.10. The van der Waals surface area contributed by atoms with Gasteiger partial charge in [-0.05, 0) is 64.5 Å². The van der Waals surface area contributed by atoms with Crippen molar-refractivity contribution in [3.05, 3.63) is 51.9 Å². The Morgan fingerprint density at radius 1 is 1.18 bits per heavy atom. The van der Waals surface area contributed by atoms with Crippen molar-refractivity contribution in [2.24, 2.45) is 5.92 Å². The van der Waals surface area contributed by atoms with Gasteiger partial charge in [0.05, 0.1) is 5.69 Å². The Hall–Kier alpha value is -3.35. The average Bonchev–Trinajstić information content (AvgIpc) is 3.47. The molecule has 0 bridgehead atoms. The summed E-state index contributed by atoms with van der Waals surface area (Å²) < 4.78 is 57.9. The molecule has 39 heavy (non-hydrogen) atoms. The van der Waals surface area contributed by atoms with Crippen molar-refractivity contribution in [1.29, 1.82) is 0 Å². The molecule has 3 aromatic rings. The highest BCUT2D eigenvalue weighted by Crippen LogP contribution is 2.30. The van der Waals surface area contributed by atoms with Crippen LogP contribution in [-0.4, -0.2) is 60.1 Å². The third-order valence-corrected chi connectivity index (χ3v) is 7.53. The van der Waals surface area contributed by atoms with Gasteiger partial charge in [0.25, 0.3) is 5.56 Å². The predicted molar refractivity (Wildman–Crippen MR) is 140 cm³/mol. The van der Waals surface area contributed by atoms with E-state index in [2.05, 4.69) is 10.2 Å². The molecule has 9 nitrogen and oxygen atoms in total. The van der Waals surface area contributed by atoms with E-state index in [1.54, 1.807) is 35.4 Å². The number of ether oxygens (including phenoxy) is 1. The average molecular weight is 568 g/mol. The zero-order valence-electron chi connectivity index (χ0n) is 22.2. The molecule has 1 saturated heterocycles. The van der Waals surface area contributed by atoms with Gasteiger partial charge in [-0.1, -0.05) is 12.1 Å². The third kappa shape index (κ3) is 6.81. The van der Waals surface area contributed by atoms with Crippen molar-refractivity contribution in [2.75, 3.05) is 19.3 Å². The van der Waals surface area contributed by atoms with Crippen molar-refractivity contribution in [2.45, 2.75) is 63.1 Å². The number of piperidine rings is 1. The van der Waals surface area contributed by atoms with E-state index in [1.165, 1.54) is 0 Å². The van der Waals surface area contributed by atoms with Crippen molar-refractivity contribution in [3.63, 3.8) is 0 Å². The van der Waals surface area contributed by atoms with Gasteiger partial charge in [-0.15, -0.1) is 0 Å². The van der Waals surface area contributed by atoms with Crippen LogP contribution in [0.1, 0.15) is 51.3 Å². The van der Waals surface area contributed by atoms with E-state index < -0.39 is 33.8 Å². The van der Waals surface area contributed by atoms with Gasteiger partial charge in [-0.3, -0.25) is 19.2 Å². The number of aromatic amines is 2. The van der Waals surface area contributed by atoms with Gasteiger partial charge in [0.15, 0.2) is 5.82 Å². The molecule has 0 spiro atoms. The third-order valence-electron chi connectivity index (χ3n) is 6.61. The van der Waals surface area contributed by atoms with Crippen LogP contribution in [0.25, 0.3) is 17.1 Å². The summed E-state index contributed by atoms with van der Waals surface area (Å²) in [5, 5.41) is 8.56. The van der Waals surface area contributed by atoms with Gasteiger partial charge in [0, 0.05) is 52.2 Å². The number of alkyl halides is 3. The molecule has 0 radical (unpaired) electrons. The van der Waals surface area contributed by atoms with Crippen LogP contribution in [0.3, 0.4) is 0 Å². The van der Waals surface area contributed by atoms with E-state index in [1.807, 2.05) is 25.9 Å². The minimum absolute atomic E-state index is 0.208. The fourth-order valence-corrected chi connectivity index (χ4v) is 5.15. The summed E-state index contributed by atoms with van der Waals surface area (Å²) in [7, 11) is -1.27. The molecule has 1 aromatic carbocycles. The van der Waals surface area contributed by atoms with E-state index in [9.17, 15) is 27.0 Å². The van der Waals surface area contributed by atoms with Crippen LogP contribution in [-0.2, 0) is 28.1 Å². The molecule has 1 aliphatic rings. The number of halogens is 3. The van der Waals surface area contributed by atoms with Gasteiger partial charge < -0.3 is 9.64 Å². The first-order chi connectivity index (χ1) is 18.2. The Bertz CT molecular complexity index is 1410. The summed E-state index contributed by atoms with van der Waals surface area (Å²) in [5.41, 5.74) is -0.702. The molecule has 13 heteroatoms. The molecule has 1 atom stereocenters. The Balaban J connectivity index is 1.58. The number of nitrogens with zero attached hydrogens (tertiary/aromatic N) is 3. The van der Waals surface area contributed by atoms with Crippen molar-refractivity contribution < 1.29 is 26.9 Å². The fraction of sp³-hybridized carbons (Fsp3) is 0.500. The first kappa shape index (κ1) is 28.7. The second kappa shape index (κ2) is 11.0. The molecule has 0 aliphatic carbocycles. The zero-order valence-corrected chi connectivity index (χ0v) is 23.0. The Morgan fingerprint density at radius 3 is 2.46 bits per heavy atom. The lowest BCUT2D eigenvalue weighted by Gasteiger charge is -2.33. The lowest BCUT2D eigenvalue weighted by Crippen LogP contribution is -2.41. The SMILES string of the molecule is CS(=O)c1cccc(-c2[nH]n(-c3cc(C(F)(F)F)[nH]n3)c(=O)c2CCC2CCN(C(=O)OC(C)(C)C)CC2)c1.